The number of ether oxygens (including phenoxy) is 1. The van der Waals surface area contributed by atoms with Crippen LogP contribution in [-0.2, 0) is 20.7 Å². The molecule has 0 aromatic heterocycles. The van der Waals surface area contributed by atoms with Gasteiger partial charge in [0, 0.05) is 12.0 Å². The van der Waals surface area contributed by atoms with Crippen molar-refractivity contribution in [2.24, 2.45) is 0 Å². The van der Waals surface area contributed by atoms with E-state index in [2.05, 4.69) is 11.9 Å². The fourth-order valence-electron chi connectivity index (χ4n) is 1.86. The molecule has 0 fully saturated rings. The minimum Gasteiger partial charge on any atom is -0.453 e. The van der Waals surface area contributed by atoms with E-state index in [4.69, 9.17) is 4.74 Å². The second-order valence-electron chi connectivity index (χ2n) is 5.15. The first kappa shape index (κ1) is 19.2. The molecule has 2 unspecified atom stereocenters. The third kappa shape index (κ3) is 5.60. The highest BCUT2D eigenvalue weighted by Gasteiger charge is 2.35. The number of esters is 1. The molecule has 0 radical (unpaired) electrons. The molecule has 0 aliphatic heterocycles. The summed E-state index contributed by atoms with van der Waals surface area (Å²) in [5, 5.41) is 2.66. The van der Waals surface area contributed by atoms with Crippen molar-refractivity contribution in [3.8, 4) is 0 Å². The zero-order chi connectivity index (χ0) is 15.2. The molecule has 0 bridgehead atoms. The quantitative estimate of drug-likeness (QED) is 0.478. The molecule has 1 aromatic rings. The first-order valence-corrected chi connectivity index (χ1v) is 6.51. The average molecular weight is 312 g/mol. The van der Waals surface area contributed by atoms with Crippen LogP contribution in [0.4, 0.5) is 0 Å². The van der Waals surface area contributed by atoms with Crippen molar-refractivity contribution >= 4 is 24.8 Å². The maximum Gasteiger partial charge on any atom is 0.333 e. The van der Waals surface area contributed by atoms with Crippen LogP contribution in [0.5, 0.6) is 0 Å². The predicted molar refractivity (Wildman–Crippen MR) is 85.4 cm³/mol. The zero-order valence-electron chi connectivity index (χ0n) is 12.6. The molecule has 1 N–H and O–H groups in total. The number of carbonyl (C=O) groups is 2. The lowest BCUT2D eigenvalue weighted by molar-refractivity contribution is -0.156. The van der Waals surface area contributed by atoms with E-state index in [0.29, 0.717) is 18.4 Å². The van der Waals surface area contributed by atoms with Crippen molar-refractivity contribution < 1.29 is 14.3 Å². The summed E-state index contributed by atoms with van der Waals surface area (Å²) in [6.45, 7) is 8.80. The minimum absolute atomic E-state index is 0. The second-order valence-corrected chi connectivity index (χ2v) is 5.15. The molecule has 4 nitrogen and oxygen atoms in total. The molecule has 1 aromatic carbocycles. The van der Waals surface area contributed by atoms with Gasteiger partial charge in [0.2, 0.25) is 6.41 Å². The number of benzene rings is 1. The van der Waals surface area contributed by atoms with Crippen LogP contribution >= 0.6 is 12.4 Å². The van der Waals surface area contributed by atoms with Gasteiger partial charge in [0.05, 0.1) is 6.04 Å². The Labute approximate surface area is 132 Å². The third-order valence-electron chi connectivity index (χ3n) is 3.31. The van der Waals surface area contributed by atoms with Crippen molar-refractivity contribution in [2.45, 2.75) is 38.8 Å². The third-order valence-corrected chi connectivity index (χ3v) is 3.31. The SMILES string of the molecule is C=C(C)C(=O)OC(C)(Cc1ccccc1)C(C)NC=O.Cl. The van der Waals surface area contributed by atoms with Gasteiger partial charge in [-0.3, -0.25) is 4.79 Å². The van der Waals surface area contributed by atoms with Crippen LogP contribution in [0.25, 0.3) is 0 Å². The van der Waals surface area contributed by atoms with Gasteiger partial charge in [-0.1, -0.05) is 36.9 Å². The van der Waals surface area contributed by atoms with E-state index in [1.807, 2.05) is 44.2 Å². The summed E-state index contributed by atoms with van der Waals surface area (Å²) in [5.41, 5.74) is 0.532. The van der Waals surface area contributed by atoms with Crippen LogP contribution in [0.3, 0.4) is 0 Å². The topological polar surface area (TPSA) is 55.4 Å². The molecule has 0 aliphatic carbocycles. The monoisotopic (exact) mass is 311 g/mol. The van der Waals surface area contributed by atoms with E-state index < -0.39 is 11.6 Å². The number of rotatable bonds is 7. The molecule has 1 rings (SSSR count). The van der Waals surface area contributed by atoms with Crippen molar-refractivity contribution in [1.29, 1.82) is 0 Å². The molecule has 0 saturated carbocycles. The molecule has 5 heteroatoms. The van der Waals surface area contributed by atoms with Crippen molar-refractivity contribution in [3.05, 3.63) is 48.0 Å². The highest BCUT2D eigenvalue weighted by Crippen LogP contribution is 2.23. The largest absolute Gasteiger partial charge is 0.453 e. The van der Waals surface area contributed by atoms with Crippen LogP contribution in [0.15, 0.2) is 42.5 Å². The zero-order valence-corrected chi connectivity index (χ0v) is 13.4. The van der Waals surface area contributed by atoms with Crippen molar-refractivity contribution in [2.75, 3.05) is 0 Å². The van der Waals surface area contributed by atoms with Crippen molar-refractivity contribution in [1.82, 2.24) is 5.32 Å². The van der Waals surface area contributed by atoms with Gasteiger partial charge in [0.25, 0.3) is 0 Å². The minimum atomic E-state index is -0.835. The Morgan fingerprint density at radius 2 is 2.00 bits per heavy atom. The number of hydrogen-bond acceptors (Lipinski definition) is 3. The van der Waals surface area contributed by atoms with Crippen LogP contribution in [0.2, 0.25) is 0 Å². The number of amides is 1. The fourth-order valence-corrected chi connectivity index (χ4v) is 1.86. The lowest BCUT2D eigenvalue weighted by Crippen LogP contribution is -2.51. The maximum absolute atomic E-state index is 11.8. The van der Waals surface area contributed by atoms with Gasteiger partial charge < -0.3 is 10.1 Å². The molecule has 0 aliphatic rings. The van der Waals surface area contributed by atoms with Gasteiger partial charge in [-0.05, 0) is 26.3 Å². The number of halogens is 1. The first-order chi connectivity index (χ1) is 9.39. The van der Waals surface area contributed by atoms with Crippen LogP contribution in [-0.4, -0.2) is 24.0 Å². The summed E-state index contributed by atoms with van der Waals surface area (Å²) in [5.74, 6) is -0.456. The Balaban J connectivity index is 0.00000400. The van der Waals surface area contributed by atoms with Crippen molar-refractivity contribution in [3.63, 3.8) is 0 Å². The Kier molecular flexibility index (Phi) is 7.74. The van der Waals surface area contributed by atoms with E-state index in [9.17, 15) is 9.59 Å². The van der Waals surface area contributed by atoms with E-state index in [1.165, 1.54) is 0 Å². The molecule has 2 atom stereocenters. The molecular formula is C16H22ClNO3. The summed E-state index contributed by atoms with van der Waals surface area (Å²) >= 11 is 0. The molecule has 0 heterocycles. The van der Waals surface area contributed by atoms with E-state index in [1.54, 1.807) is 6.92 Å². The van der Waals surface area contributed by atoms with Gasteiger partial charge in [-0.2, -0.15) is 0 Å². The lowest BCUT2D eigenvalue weighted by atomic mass is 9.89. The molecule has 21 heavy (non-hydrogen) atoms. The molecule has 116 valence electrons. The molecule has 0 spiro atoms. The Morgan fingerprint density at radius 1 is 1.43 bits per heavy atom. The van der Waals surface area contributed by atoms with Gasteiger partial charge in [-0.25, -0.2) is 4.79 Å². The van der Waals surface area contributed by atoms with Crippen LogP contribution in [0.1, 0.15) is 26.3 Å². The predicted octanol–water partition coefficient (Wildman–Crippen LogP) is 2.66. The molecule has 0 saturated heterocycles. The van der Waals surface area contributed by atoms with Crippen LogP contribution < -0.4 is 5.32 Å². The Morgan fingerprint density at radius 3 is 2.48 bits per heavy atom. The molecular weight excluding hydrogens is 290 g/mol. The number of hydrogen-bond donors (Lipinski definition) is 1. The summed E-state index contributed by atoms with van der Waals surface area (Å²) in [6, 6.07) is 9.38. The molecule has 1 amide bonds. The second kappa shape index (κ2) is 8.47. The number of nitrogens with one attached hydrogen (secondary N) is 1. The summed E-state index contributed by atoms with van der Waals surface area (Å²) < 4.78 is 5.56. The summed E-state index contributed by atoms with van der Waals surface area (Å²) in [6.07, 6.45) is 1.12. The standard InChI is InChI=1S/C16H21NO3.ClH/c1-12(2)15(19)20-16(4,13(3)17-11-18)10-14-8-6-5-7-9-14;/h5-9,11,13H,1,10H2,2-4H3,(H,17,18);1H. The smallest absolute Gasteiger partial charge is 0.333 e. The first-order valence-electron chi connectivity index (χ1n) is 6.51. The van der Waals surface area contributed by atoms with E-state index in [-0.39, 0.29) is 18.4 Å². The fraction of sp³-hybridized carbons (Fsp3) is 0.375. The van der Waals surface area contributed by atoms with Gasteiger partial charge in [-0.15, -0.1) is 12.4 Å². The van der Waals surface area contributed by atoms with Gasteiger partial charge >= 0.3 is 5.97 Å². The van der Waals surface area contributed by atoms with E-state index in [0.717, 1.165) is 5.56 Å². The lowest BCUT2D eigenvalue weighted by Gasteiger charge is -2.35. The maximum atomic E-state index is 11.8. The van der Waals surface area contributed by atoms with E-state index >= 15 is 0 Å². The highest BCUT2D eigenvalue weighted by atomic mass is 35.5. The summed E-state index contributed by atoms with van der Waals surface area (Å²) in [7, 11) is 0. The Bertz CT molecular complexity index is 490. The Hall–Kier alpha value is -1.81. The van der Waals surface area contributed by atoms with Gasteiger partial charge in [0.1, 0.15) is 5.60 Å². The number of carbonyl (C=O) groups excluding carboxylic acids is 2. The average Bonchev–Trinajstić information content (AvgIpc) is 2.39. The van der Waals surface area contributed by atoms with Gasteiger partial charge in [0.15, 0.2) is 0 Å². The highest BCUT2D eigenvalue weighted by molar-refractivity contribution is 5.87. The summed E-state index contributed by atoms with van der Waals surface area (Å²) in [4.78, 5) is 22.5. The van der Waals surface area contributed by atoms with Crippen LogP contribution in [0, 0.1) is 0 Å². The normalized spacial score (nSPS) is 14.0.